The lowest BCUT2D eigenvalue weighted by Gasteiger charge is -2.07. The molecule has 0 aromatic carbocycles. The average Bonchev–Trinajstić information content (AvgIpc) is 2.30. The normalized spacial score (nSPS) is 10.7. The van der Waals surface area contributed by atoms with Crippen molar-refractivity contribution in [3.63, 3.8) is 0 Å². The minimum atomic E-state index is 0.694. The molecular formula is C14H18N4. The van der Waals surface area contributed by atoms with Crippen molar-refractivity contribution in [3.05, 3.63) is 40.8 Å². The summed E-state index contributed by atoms with van der Waals surface area (Å²) >= 11 is 0. The van der Waals surface area contributed by atoms with Gasteiger partial charge in [-0.05, 0) is 45.5 Å². The van der Waals surface area contributed by atoms with Crippen molar-refractivity contribution in [2.75, 3.05) is 7.05 Å². The average molecular weight is 242 g/mol. The van der Waals surface area contributed by atoms with Crippen LogP contribution in [0.4, 0.5) is 0 Å². The third kappa shape index (κ3) is 2.71. The van der Waals surface area contributed by atoms with E-state index in [9.17, 15) is 0 Å². The number of hydrogen-bond donors (Lipinski definition) is 1. The van der Waals surface area contributed by atoms with Crippen LogP contribution in [0.1, 0.15) is 22.5 Å². The van der Waals surface area contributed by atoms with Gasteiger partial charge >= 0.3 is 0 Å². The monoisotopic (exact) mass is 242 g/mol. The molecule has 0 radical (unpaired) electrons. The Morgan fingerprint density at radius 1 is 1.11 bits per heavy atom. The largest absolute Gasteiger partial charge is 0.316 e. The van der Waals surface area contributed by atoms with Crippen molar-refractivity contribution < 1.29 is 0 Å². The first-order valence-corrected chi connectivity index (χ1v) is 6.03. The molecule has 0 bridgehead atoms. The molecule has 0 unspecified atom stereocenters. The predicted molar refractivity (Wildman–Crippen MR) is 72.2 cm³/mol. The third-order valence-electron chi connectivity index (χ3n) is 2.78. The molecule has 2 heterocycles. The van der Waals surface area contributed by atoms with E-state index in [0.29, 0.717) is 5.82 Å². The maximum absolute atomic E-state index is 4.53. The smallest absolute Gasteiger partial charge is 0.178 e. The highest BCUT2D eigenvalue weighted by Gasteiger charge is 2.07. The molecule has 0 saturated heterocycles. The Morgan fingerprint density at radius 2 is 1.89 bits per heavy atom. The van der Waals surface area contributed by atoms with Crippen molar-refractivity contribution in [1.29, 1.82) is 0 Å². The lowest BCUT2D eigenvalue weighted by atomic mass is 10.2. The van der Waals surface area contributed by atoms with E-state index in [1.165, 1.54) is 5.56 Å². The number of nitrogens with zero attached hydrogens (tertiary/aromatic N) is 3. The summed E-state index contributed by atoms with van der Waals surface area (Å²) in [6, 6.07) is 4.06. The molecule has 4 nitrogen and oxygen atoms in total. The molecular weight excluding hydrogens is 224 g/mol. The molecule has 0 aliphatic carbocycles. The SMILES string of the molecule is CNCc1cnc(-c2cc(C)cc(C)n2)nc1C. The highest BCUT2D eigenvalue weighted by atomic mass is 14.9. The van der Waals surface area contributed by atoms with Gasteiger partial charge in [0.15, 0.2) is 5.82 Å². The molecule has 0 atom stereocenters. The van der Waals surface area contributed by atoms with Gasteiger partial charge in [-0.25, -0.2) is 15.0 Å². The summed E-state index contributed by atoms with van der Waals surface area (Å²) in [5.74, 6) is 0.694. The van der Waals surface area contributed by atoms with Gasteiger partial charge in [0.1, 0.15) is 5.69 Å². The maximum Gasteiger partial charge on any atom is 0.178 e. The molecule has 0 saturated carbocycles. The van der Waals surface area contributed by atoms with E-state index in [0.717, 1.165) is 29.2 Å². The van der Waals surface area contributed by atoms with Gasteiger partial charge in [-0.1, -0.05) is 0 Å². The van der Waals surface area contributed by atoms with Crippen molar-refractivity contribution in [3.8, 4) is 11.5 Å². The highest BCUT2D eigenvalue weighted by Crippen LogP contribution is 2.16. The standard InChI is InChI=1S/C14H18N4/c1-9-5-10(2)17-13(6-9)14-16-8-12(7-15-4)11(3)18-14/h5-6,8,15H,7H2,1-4H3. The van der Waals surface area contributed by atoms with E-state index < -0.39 is 0 Å². The van der Waals surface area contributed by atoms with Crippen LogP contribution in [0.25, 0.3) is 11.5 Å². The van der Waals surface area contributed by atoms with Crippen LogP contribution in [0.5, 0.6) is 0 Å². The topological polar surface area (TPSA) is 50.7 Å². The van der Waals surface area contributed by atoms with Crippen molar-refractivity contribution in [2.45, 2.75) is 27.3 Å². The van der Waals surface area contributed by atoms with Crippen molar-refractivity contribution in [1.82, 2.24) is 20.3 Å². The number of nitrogens with one attached hydrogen (secondary N) is 1. The van der Waals surface area contributed by atoms with Gasteiger partial charge in [0.2, 0.25) is 0 Å². The second kappa shape index (κ2) is 5.23. The van der Waals surface area contributed by atoms with Crippen LogP contribution in [0.2, 0.25) is 0 Å². The molecule has 0 aliphatic heterocycles. The van der Waals surface area contributed by atoms with Crippen LogP contribution < -0.4 is 5.32 Å². The molecule has 2 aromatic heterocycles. The van der Waals surface area contributed by atoms with E-state index in [-0.39, 0.29) is 0 Å². The minimum absolute atomic E-state index is 0.694. The summed E-state index contributed by atoms with van der Waals surface area (Å²) in [5.41, 5.74) is 5.12. The number of rotatable bonds is 3. The fraction of sp³-hybridized carbons (Fsp3) is 0.357. The first kappa shape index (κ1) is 12.6. The van der Waals surface area contributed by atoms with Gasteiger partial charge in [-0.2, -0.15) is 0 Å². The van der Waals surface area contributed by atoms with Crippen LogP contribution >= 0.6 is 0 Å². The molecule has 0 spiro atoms. The lowest BCUT2D eigenvalue weighted by Crippen LogP contribution is -2.09. The summed E-state index contributed by atoms with van der Waals surface area (Å²) in [6.07, 6.45) is 1.87. The second-order valence-electron chi connectivity index (χ2n) is 4.51. The van der Waals surface area contributed by atoms with Crippen LogP contribution in [-0.4, -0.2) is 22.0 Å². The number of hydrogen-bond acceptors (Lipinski definition) is 4. The fourth-order valence-corrected chi connectivity index (χ4v) is 1.94. The number of aromatic nitrogens is 3. The van der Waals surface area contributed by atoms with E-state index in [1.54, 1.807) is 0 Å². The first-order valence-electron chi connectivity index (χ1n) is 6.03. The van der Waals surface area contributed by atoms with Crippen LogP contribution in [0.15, 0.2) is 18.3 Å². The van der Waals surface area contributed by atoms with Crippen molar-refractivity contribution in [2.24, 2.45) is 0 Å². The Balaban J connectivity index is 2.42. The summed E-state index contributed by atoms with van der Waals surface area (Å²) in [4.78, 5) is 13.4. The molecule has 94 valence electrons. The van der Waals surface area contributed by atoms with Gasteiger partial charge in [0.05, 0.1) is 0 Å². The molecule has 0 fully saturated rings. The van der Waals surface area contributed by atoms with E-state index in [2.05, 4.69) is 27.2 Å². The van der Waals surface area contributed by atoms with E-state index >= 15 is 0 Å². The molecule has 4 heteroatoms. The first-order chi connectivity index (χ1) is 8.60. The predicted octanol–water partition coefficient (Wildman–Crippen LogP) is 2.18. The van der Waals surface area contributed by atoms with E-state index in [4.69, 9.17) is 0 Å². The number of aryl methyl sites for hydroxylation is 3. The van der Waals surface area contributed by atoms with Gasteiger partial charge in [0.25, 0.3) is 0 Å². The Morgan fingerprint density at radius 3 is 2.50 bits per heavy atom. The molecule has 0 amide bonds. The molecule has 2 rings (SSSR count). The maximum atomic E-state index is 4.53. The molecule has 1 N–H and O–H groups in total. The zero-order valence-electron chi connectivity index (χ0n) is 11.3. The quantitative estimate of drug-likeness (QED) is 0.896. The van der Waals surface area contributed by atoms with Crippen molar-refractivity contribution >= 4 is 0 Å². The Hall–Kier alpha value is -1.81. The van der Waals surface area contributed by atoms with E-state index in [1.807, 2.05) is 39.2 Å². The van der Waals surface area contributed by atoms with Crippen LogP contribution in [0, 0.1) is 20.8 Å². The summed E-state index contributed by atoms with van der Waals surface area (Å²) in [5, 5.41) is 3.11. The third-order valence-corrected chi connectivity index (χ3v) is 2.78. The van der Waals surface area contributed by atoms with Gasteiger partial charge in [0, 0.05) is 29.7 Å². The summed E-state index contributed by atoms with van der Waals surface area (Å²) in [7, 11) is 1.92. The summed E-state index contributed by atoms with van der Waals surface area (Å²) < 4.78 is 0. The van der Waals surface area contributed by atoms with Crippen LogP contribution in [-0.2, 0) is 6.54 Å². The minimum Gasteiger partial charge on any atom is -0.316 e. The molecule has 18 heavy (non-hydrogen) atoms. The Kier molecular flexibility index (Phi) is 3.67. The van der Waals surface area contributed by atoms with Gasteiger partial charge in [-0.3, -0.25) is 0 Å². The molecule has 0 aliphatic rings. The second-order valence-corrected chi connectivity index (χ2v) is 4.51. The zero-order chi connectivity index (χ0) is 13.1. The summed E-state index contributed by atoms with van der Waals surface area (Å²) in [6.45, 7) is 6.83. The fourth-order valence-electron chi connectivity index (χ4n) is 1.94. The van der Waals surface area contributed by atoms with Crippen LogP contribution in [0.3, 0.4) is 0 Å². The Bertz CT molecular complexity index is 543. The van der Waals surface area contributed by atoms with Gasteiger partial charge < -0.3 is 5.32 Å². The zero-order valence-corrected chi connectivity index (χ0v) is 11.3. The molecule has 2 aromatic rings. The number of pyridine rings is 1. The Labute approximate surface area is 108 Å². The van der Waals surface area contributed by atoms with Gasteiger partial charge in [-0.15, -0.1) is 0 Å². The highest BCUT2D eigenvalue weighted by molar-refractivity contribution is 5.51. The lowest BCUT2D eigenvalue weighted by molar-refractivity contribution is 0.797.